The zero-order valence-corrected chi connectivity index (χ0v) is 14.9. The highest BCUT2D eigenvalue weighted by atomic mass is 16.2. The minimum atomic E-state index is -0.0297. The van der Waals surface area contributed by atoms with Gasteiger partial charge in [0.25, 0.3) is 11.8 Å². The number of piperidine rings is 1. The lowest BCUT2D eigenvalue weighted by atomic mass is 10.0. The van der Waals surface area contributed by atoms with Gasteiger partial charge in [0.05, 0.1) is 24.0 Å². The van der Waals surface area contributed by atoms with E-state index in [9.17, 15) is 9.59 Å². The number of nitrogens with zero attached hydrogens (tertiary/aromatic N) is 7. The second-order valence-corrected chi connectivity index (χ2v) is 7.01. The summed E-state index contributed by atoms with van der Waals surface area (Å²) in [6.45, 7) is 2.93. The minimum absolute atomic E-state index is 0.0139. The van der Waals surface area contributed by atoms with Crippen molar-refractivity contribution in [1.82, 2.24) is 34.6 Å². The van der Waals surface area contributed by atoms with Crippen LogP contribution in [0.15, 0.2) is 18.6 Å². The van der Waals surface area contributed by atoms with Crippen LogP contribution in [0.5, 0.6) is 0 Å². The molecule has 2 amide bonds. The van der Waals surface area contributed by atoms with E-state index in [-0.39, 0.29) is 17.9 Å². The Morgan fingerprint density at radius 1 is 1.00 bits per heavy atom. The zero-order chi connectivity index (χ0) is 18.1. The van der Waals surface area contributed by atoms with Gasteiger partial charge >= 0.3 is 0 Å². The Kier molecular flexibility index (Phi) is 4.44. The number of rotatable bonds is 3. The quantitative estimate of drug-likeness (QED) is 0.808. The average molecular weight is 357 g/mol. The molecule has 2 aliphatic heterocycles. The van der Waals surface area contributed by atoms with Gasteiger partial charge in [0, 0.05) is 39.4 Å². The molecule has 9 nitrogen and oxygen atoms in total. The van der Waals surface area contributed by atoms with Crippen LogP contribution >= 0.6 is 0 Å². The molecule has 2 fully saturated rings. The third-order valence-electron chi connectivity index (χ3n) is 5.20. The number of hydrogen-bond donors (Lipinski definition) is 0. The summed E-state index contributed by atoms with van der Waals surface area (Å²) in [4.78, 5) is 28.6. The monoisotopic (exact) mass is 357 g/mol. The van der Waals surface area contributed by atoms with Gasteiger partial charge in [-0.1, -0.05) is 5.21 Å². The summed E-state index contributed by atoms with van der Waals surface area (Å²) < 4.78 is 3.42. The lowest BCUT2D eigenvalue weighted by Gasteiger charge is -2.31. The molecule has 0 aromatic carbocycles. The molecule has 0 saturated carbocycles. The maximum absolute atomic E-state index is 12.5. The Labute approximate surface area is 151 Å². The highest BCUT2D eigenvalue weighted by Crippen LogP contribution is 2.23. The molecular formula is C17H23N7O2. The molecule has 0 bridgehead atoms. The van der Waals surface area contributed by atoms with Crippen molar-refractivity contribution >= 4 is 11.8 Å². The van der Waals surface area contributed by atoms with E-state index in [1.54, 1.807) is 35.0 Å². The Bertz CT molecular complexity index is 798. The number of amides is 2. The number of carbonyl (C=O) groups is 2. The van der Waals surface area contributed by atoms with Crippen molar-refractivity contribution in [3.05, 3.63) is 29.8 Å². The van der Waals surface area contributed by atoms with Gasteiger partial charge in [-0.05, 0) is 25.7 Å². The molecule has 0 spiro atoms. The maximum atomic E-state index is 12.5. The summed E-state index contributed by atoms with van der Waals surface area (Å²) in [6.07, 6.45) is 8.81. The van der Waals surface area contributed by atoms with Crippen molar-refractivity contribution in [2.75, 3.05) is 26.2 Å². The molecule has 0 aliphatic carbocycles. The van der Waals surface area contributed by atoms with Gasteiger partial charge in [-0.25, -0.2) is 4.68 Å². The van der Waals surface area contributed by atoms with Crippen LogP contribution in [-0.2, 0) is 7.05 Å². The van der Waals surface area contributed by atoms with Gasteiger partial charge in [-0.3, -0.25) is 14.3 Å². The van der Waals surface area contributed by atoms with Gasteiger partial charge < -0.3 is 9.80 Å². The summed E-state index contributed by atoms with van der Waals surface area (Å²) in [5, 5.41) is 12.3. The molecule has 0 unspecified atom stereocenters. The number of likely N-dealkylation sites (tertiary alicyclic amines) is 2. The summed E-state index contributed by atoms with van der Waals surface area (Å²) in [6, 6.07) is 0.167. The van der Waals surface area contributed by atoms with Crippen LogP contribution in [0, 0.1) is 0 Å². The first-order valence-corrected chi connectivity index (χ1v) is 9.11. The first kappa shape index (κ1) is 16.7. The van der Waals surface area contributed by atoms with Crippen molar-refractivity contribution in [2.45, 2.75) is 31.7 Å². The Hall–Kier alpha value is -2.71. The number of carbonyl (C=O) groups excluding carboxylic acids is 2. The second kappa shape index (κ2) is 6.89. The van der Waals surface area contributed by atoms with Gasteiger partial charge in [0.15, 0.2) is 5.69 Å². The van der Waals surface area contributed by atoms with E-state index in [2.05, 4.69) is 15.4 Å². The third-order valence-corrected chi connectivity index (χ3v) is 5.20. The third kappa shape index (κ3) is 3.21. The van der Waals surface area contributed by atoms with E-state index in [4.69, 9.17) is 0 Å². The zero-order valence-electron chi connectivity index (χ0n) is 14.9. The van der Waals surface area contributed by atoms with Crippen LogP contribution in [0.1, 0.15) is 52.6 Å². The molecule has 0 radical (unpaired) electrons. The lowest BCUT2D eigenvalue weighted by Crippen LogP contribution is -2.39. The second-order valence-electron chi connectivity index (χ2n) is 7.01. The minimum Gasteiger partial charge on any atom is -0.338 e. The molecular weight excluding hydrogens is 334 g/mol. The van der Waals surface area contributed by atoms with Gasteiger partial charge in [-0.2, -0.15) is 5.10 Å². The molecule has 4 rings (SSSR count). The SMILES string of the molecule is Cn1cc(C(=O)N2CCC(n3cc(C(=O)N4CCCC4)nn3)CC2)cn1. The van der Waals surface area contributed by atoms with Gasteiger partial charge in [0.1, 0.15) is 0 Å². The molecule has 9 heteroatoms. The van der Waals surface area contributed by atoms with Crippen LogP contribution in [0.2, 0.25) is 0 Å². The van der Waals surface area contributed by atoms with E-state index in [0.717, 1.165) is 38.8 Å². The highest BCUT2D eigenvalue weighted by Gasteiger charge is 2.27. The summed E-state index contributed by atoms with van der Waals surface area (Å²) in [5.74, 6) is -0.0158. The summed E-state index contributed by atoms with van der Waals surface area (Å²) in [5.41, 5.74) is 1.03. The Balaban J connectivity index is 1.36. The predicted octanol–water partition coefficient (Wildman–Crippen LogP) is 0.725. The van der Waals surface area contributed by atoms with E-state index >= 15 is 0 Å². The summed E-state index contributed by atoms with van der Waals surface area (Å²) in [7, 11) is 1.80. The van der Waals surface area contributed by atoms with Crippen molar-refractivity contribution in [3.63, 3.8) is 0 Å². The molecule has 2 aromatic rings. The van der Waals surface area contributed by atoms with Crippen LogP contribution in [0.4, 0.5) is 0 Å². The van der Waals surface area contributed by atoms with Crippen molar-refractivity contribution < 1.29 is 9.59 Å². The molecule has 0 N–H and O–H groups in total. The van der Waals surface area contributed by atoms with Crippen molar-refractivity contribution in [3.8, 4) is 0 Å². The normalized spacial score (nSPS) is 18.5. The van der Waals surface area contributed by atoms with E-state index in [1.165, 1.54) is 0 Å². The van der Waals surface area contributed by atoms with E-state index < -0.39 is 0 Å². The maximum Gasteiger partial charge on any atom is 0.276 e. The van der Waals surface area contributed by atoms with Crippen LogP contribution < -0.4 is 0 Å². The van der Waals surface area contributed by atoms with Crippen LogP contribution in [0.3, 0.4) is 0 Å². The van der Waals surface area contributed by atoms with E-state index in [1.807, 2.05) is 9.80 Å². The molecule has 2 saturated heterocycles. The largest absolute Gasteiger partial charge is 0.338 e. The lowest BCUT2D eigenvalue weighted by molar-refractivity contribution is 0.0689. The molecule has 138 valence electrons. The summed E-state index contributed by atoms with van der Waals surface area (Å²) >= 11 is 0. The Morgan fingerprint density at radius 3 is 2.35 bits per heavy atom. The Morgan fingerprint density at radius 2 is 1.69 bits per heavy atom. The van der Waals surface area contributed by atoms with E-state index in [0.29, 0.717) is 24.3 Å². The first-order chi connectivity index (χ1) is 12.6. The van der Waals surface area contributed by atoms with Crippen LogP contribution in [-0.4, -0.2) is 72.6 Å². The van der Waals surface area contributed by atoms with Gasteiger partial charge in [-0.15, -0.1) is 5.10 Å². The molecule has 0 atom stereocenters. The first-order valence-electron chi connectivity index (χ1n) is 9.11. The van der Waals surface area contributed by atoms with Crippen molar-refractivity contribution in [2.24, 2.45) is 7.05 Å². The highest BCUT2D eigenvalue weighted by molar-refractivity contribution is 5.93. The topological polar surface area (TPSA) is 89.2 Å². The molecule has 4 heterocycles. The number of aromatic nitrogens is 5. The predicted molar refractivity (Wildman–Crippen MR) is 92.5 cm³/mol. The smallest absolute Gasteiger partial charge is 0.276 e. The fourth-order valence-electron chi connectivity index (χ4n) is 3.68. The number of aryl methyl sites for hydroxylation is 1. The molecule has 2 aromatic heterocycles. The average Bonchev–Trinajstić information content (AvgIpc) is 3.42. The van der Waals surface area contributed by atoms with Gasteiger partial charge in [0.2, 0.25) is 0 Å². The molecule has 26 heavy (non-hydrogen) atoms. The number of hydrogen-bond acceptors (Lipinski definition) is 5. The molecule has 2 aliphatic rings. The standard InChI is InChI=1S/C17H23N7O2/c1-21-11-13(10-18-21)16(25)23-8-4-14(5-9-23)24-12-15(19-20-24)17(26)22-6-2-3-7-22/h10-12,14H,2-9H2,1H3. The fraction of sp³-hybridized carbons (Fsp3) is 0.588. The fourth-order valence-corrected chi connectivity index (χ4v) is 3.68. The van der Waals surface area contributed by atoms with Crippen molar-refractivity contribution in [1.29, 1.82) is 0 Å². The van der Waals surface area contributed by atoms with Crippen LogP contribution in [0.25, 0.3) is 0 Å².